The molecule has 0 bridgehead atoms. The first kappa shape index (κ1) is 50.1. The van der Waals surface area contributed by atoms with Crippen molar-refractivity contribution in [1.29, 1.82) is 0 Å². The third-order valence-corrected chi connectivity index (χ3v) is 14.7. The number of aromatic nitrogens is 4. The zero-order chi connectivity index (χ0) is 51.4. The predicted octanol–water partition coefficient (Wildman–Crippen LogP) is 8.12. The van der Waals surface area contributed by atoms with Gasteiger partial charge in [0.2, 0.25) is 11.8 Å². The molecule has 4 N–H and O–H groups in total. The topological polar surface area (TPSA) is 201 Å². The molecule has 0 saturated carbocycles. The number of methoxy groups -OCH3 is 2. The van der Waals surface area contributed by atoms with Gasteiger partial charge in [0.1, 0.15) is 23.7 Å². The van der Waals surface area contributed by atoms with Crippen molar-refractivity contribution in [3.63, 3.8) is 0 Å². The molecule has 72 heavy (non-hydrogen) atoms. The van der Waals surface area contributed by atoms with E-state index in [1.807, 2.05) is 36.4 Å². The minimum Gasteiger partial charge on any atom is -0.453 e. The molecule has 4 amide bonds. The lowest BCUT2D eigenvalue weighted by atomic mass is 9.77. The Bertz CT molecular complexity index is 2970. The molecule has 3 saturated heterocycles. The highest BCUT2D eigenvalue weighted by molar-refractivity contribution is 5.89. The third kappa shape index (κ3) is 9.76. The van der Waals surface area contributed by atoms with Crippen molar-refractivity contribution in [2.45, 2.75) is 102 Å². The quantitative estimate of drug-likeness (QED) is 0.0937. The van der Waals surface area contributed by atoms with Gasteiger partial charge in [-0.25, -0.2) is 37.1 Å². The fourth-order valence-electron chi connectivity index (χ4n) is 10.9. The minimum atomic E-state index is -3.27. The summed E-state index contributed by atoms with van der Waals surface area (Å²) in [6.45, 7) is 6.30. The second-order valence-corrected chi connectivity index (χ2v) is 20.3. The molecule has 382 valence electrons. The Hall–Kier alpha value is -6.83. The maximum Gasteiger partial charge on any atom is 0.407 e. The molecular weight excluding hydrogens is 941 g/mol. The molecule has 0 radical (unpaired) electrons. The fraction of sp³-hybridized carbons (Fsp3) is 0.481. The molecule has 1 aliphatic carbocycles. The molecule has 3 aromatic carbocycles. The first-order valence-corrected chi connectivity index (χ1v) is 24.2. The number of hydrogen-bond donors (Lipinski definition) is 4. The Labute approximate surface area is 412 Å². The zero-order valence-corrected chi connectivity index (χ0v) is 40.9. The van der Waals surface area contributed by atoms with Crippen molar-refractivity contribution in [3.05, 3.63) is 93.9 Å². The van der Waals surface area contributed by atoms with Crippen LogP contribution in [0.2, 0.25) is 0 Å². The smallest absolute Gasteiger partial charge is 0.407 e. The second-order valence-electron chi connectivity index (χ2n) is 20.3. The Morgan fingerprint density at radius 3 is 1.74 bits per heavy atom. The van der Waals surface area contributed by atoms with Crippen molar-refractivity contribution >= 4 is 34.9 Å². The fourth-order valence-corrected chi connectivity index (χ4v) is 10.9. The van der Waals surface area contributed by atoms with Gasteiger partial charge in [-0.15, -0.1) is 0 Å². The van der Waals surface area contributed by atoms with Gasteiger partial charge in [-0.05, 0) is 88.4 Å². The van der Waals surface area contributed by atoms with E-state index in [1.165, 1.54) is 5.56 Å². The lowest BCUT2D eigenvalue weighted by Gasteiger charge is -2.33. The average Bonchev–Trinajstić information content (AvgIpc) is 4.14. The number of likely N-dealkylation sites (tertiary alicyclic amines) is 2. The van der Waals surface area contributed by atoms with E-state index in [2.05, 4.69) is 41.1 Å². The number of nitrogens with one attached hydrogen (secondary N) is 4. The number of nitrogens with zero attached hydrogens (tertiary/aromatic N) is 4. The van der Waals surface area contributed by atoms with Crippen LogP contribution in [0.4, 0.5) is 27.2 Å². The largest absolute Gasteiger partial charge is 0.453 e. The van der Waals surface area contributed by atoms with E-state index in [-0.39, 0.29) is 28.0 Å². The van der Waals surface area contributed by atoms with Crippen LogP contribution < -0.4 is 16.2 Å². The van der Waals surface area contributed by atoms with E-state index in [0.29, 0.717) is 18.9 Å². The van der Waals surface area contributed by atoms with E-state index >= 15 is 17.6 Å². The minimum absolute atomic E-state index is 0.0356. The monoisotopic (exact) mass is 998 g/mol. The molecule has 1 spiro atoms. The number of fused-ring (bicyclic) bond motifs is 2. The van der Waals surface area contributed by atoms with Crippen molar-refractivity contribution < 1.29 is 51.0 Å². The first-order valence-electron chi connectivity index (χ1n) is 24.2. The number of ether oxygens (including phenoxy) is 3. The zero-order valence-electron chi connectivity index (χ0n) is 40.9. The van der Waals surface area contributed by atoms with E-state index in [0.717, 1.165) is 83.1 Å². The molecule has 4 atom stereocenters. The summed E-state index contributed by atoms with van der Waals surface area (Å²) in [5.74, 6) is -8.60. The number of carbonyl (C=O) groups excluding carboxylic acids is 4. The number of amides is 4. The van der Waals surface area contributed by atoms with Gasteiger partial charge in [0, 0.05) is 37.8 Å². The number of benzene rings is 3. The number of hydrogen-bond acceptors (Lipinski definition) is 10. The van der Waals surface area contributed by atoms with E-state index in [4.69, 9.17) is 9.72 Å². The van der Waals surface area contributed by atoms with Crippen molar-refractivity contribution in [3.8, 4) is 33.5 Å². The normalized spacial score (nSPS) is 20.7. The van der Waals surface area contributed by atoms with Gasteiger partial charge in [-0.3, -0.25) is 14.4 Å². The van der Waals surface area contributed by atoms with Gasteiger partial charge >= 0.3 is 12.2 Å². The van der Waals surface area contributed by atoms with Crippen LogP contribution in [0.1, 0.15) is 88.2 Å². The van der Waals surface area contributed by atoms with Gasteiger partial charge in [-0.1, -0.05) is 70.2 Å². The van der Waals surface area contributed by atoms with Crippen molar-refractivity contribution in [2.75, 3.05) is 40.5 Å². The molecule has 5 aromatic rings. The molecule has 3 fully saturated rings. The summed E-state index contributed by atoms with van der Waals surface area (Å²) in [5, 5.41) is 5.18. The van der Waals surface area contributed by atoms with Gasteiger partial charge in [0.05, 0.1) is 56.0 Å². The molecule has 3 aliphatic heterocycles. The summed E-state index contributed by atoms with van der Waals surface area (Å²) in [4.78, 5) is 82.6. The number of alkyl halides is 4. The molecule has 20 heteroatoms. The molecule has 5 heterocycles. The number of aromatic amines is 2. The number of H-pyrrole nitrogens is 2. The lowest BCUT2D eigenvalue weighted by molar-refractivity contribution is -0.137. The number of imidazole rings is 1. The highest BCUT2D eigenvalue weighted by Crippen LogP contribution is 2.51. The van der Waals surface area contributed by atoms with E-state index < -0.39 is 103 Å². The molecule has 0 unspecified atom stereocenters. The lowest BCUT2D eigenvalue weighted by Crippen LogP contribution is -2.51. The van der Waals surface area contributed by atoms with Crippen molar-refractivity contribution in [1.82, 2.24) is 40.4 Å². The summed E-state index contributed by atoms with van der Waals surface area (Å²) in [6.07, 6.45) is 1.84. The van der Waals surface area contributed by atoms with Crippen LogP contribution in [0.25, 0.3) is 44.4 Å². The van der Waals surface area contributed by atoms with Crippen molar-refractivity contribution in [2.24, 2.45) is 17.3 Å². The summed E-state index contributed by atoms with van der Waals surface area (Å²) < 4.78 is 75.4. The van der Waals surface area contributed by atoms with Crippen LogP contribution >= 0.6 is 0 Å². The Kier molecular flexibility index (Phi) is 13.4. The Morgan fingerprint density at radius 2 is 1.21 bits per heavy atom. The average molecular weight is 999 g/mol. The Balaban J connectivity index is 1.000. The maximum atomic E-state index is 15.1. The highest BCUT2D eigenvalue weighted by atomic mass is 19.3. The maximum absolute atomic E-state index is 15.1. The van der Waals surface area contributed by atoms with E-state index in [9.17, 15) is 24.0 Å². The standard InChI is InChI=1S/C52H58F4N8O8/c1-27(2)41(60-48(68)70-5)46(66)63-25-51(53,54)22-39(63)43-57-24-38(59-43)30-9-7-29(8-10-30)32-12-13-33(36-21-50(20-35(32)36)15-17-72-18-16-50)31-11-14-37-34(19-31)45(65)62-44(58-37)40-23-52(55,56)26-64(40)47(67)42(28(3)4)61-49(69)71-6/h7-14,19,24,27-28,39-42H,15-18,20-23,25-26H2,1-6H3,(H,57,59)(H,60,68)(H,61,69)(H,58,62,65)/t39-,40-,41-,42-/m0/s1. The molecule has 9 rings (SSSR count). The van der Waals surface area contributed by atoms with Crippen LogP contribution in [0.3, 0.4) is 0 Å². The van der Waals surface area contributed by atoms with Crippen LogP contribution in [-0.2, 0) is 36.6 Å². The number of halogens is 4. The van der Waals surface area contributed by atoms with Crippen LogP contribution in [-0.4, -0.2) is 118 Å². The molecule has 4 aliphatic rings. The van der Waals surface area contributed by atoms with Crippen LogP contribution in [0, 0.1) is 17.3 Å². The number of alkyl carbamates (subject to hydrolysis) is 2. The molecule has 16 nitrogen and oxygen atoms in total. The number of carbonyl (C=O) groups is 4. The van der Waals surface area contributed by atoms with E-state index in [1.54, 1.807) is 46.0 Å². The SMILES string of the molecule is COC(=O)N[C@H](C(=O)N1CC(F)(F)C[C@H]1c1nc(-c2ccc(-c3ccc(-c4ccc5nc([C@@H]6CC(F)(F)CN6C(=O)[C@@H](NC(=O)OC)C(C)C)[nH]c(=O)c5c4)c4c3CC3(CCOCC3)C4)cc2)c[nH]1)C(C)C. The summed E-state index contributed by atoms with van der Waals surface area (Å²) in [5.41, 5.74) is 6.93. The summed E-state index contributed by atoms with van der Waals surface area (Å²) >= 11 is 0. The summed E-state index contributed by atoms with van der Waals surface area (Å²) in [6, 6.07) is 12.7. The third-order valence-electron chi connectivity index (χ3n) is 14.7. The molecular formula is C52H58F4N8O8. The Morgan fingerprint density at radius 1 is 0.708 bits per heavy atom. The number of rotatable bonds is 11. The van der Waals surface area contributed by atoms with Crippen LogP contribution in [0.15, 0.2) is 65.6 Å². The van der Waals surface area contributed by atoms with Crippen LogP contribution in [0.5, 0.6) is 0 Å². The van der Waals surface area contributed by atoms with Gasteiger partial charge in [0.15, 0.2) is 0 Å². The first-order chi connectivity index (χ1) is 34.2. The highest BCUT2D eigenvalue weighted by Gasteiger charge is 2.52. The van der Waals surface area contributed by atoms with Gasteiger partial charge in [0.25, 0.3) is 17.4 Å². The second kappa shape index (κ2) is 19.3. The van der Waals surface area contributed by atoms with Gasteiger partial charge < -0.3 is 44.6 Å². The molecule has 2 aromatic heterocycles. The predicted molar refractivity (Wildman–Crippen MR) is 257 cm³/mol. The summed E-state index contributed by atoms with van der Waals surface area (Å²) in [7, 11) is 2.30. The van der Waals surface area contributed by atoms with Gasteiger partial charge in [-0.2, -0.15) is 0 Å².